The van der Waals surface area contributed by atoms with Crippen LogP contribution in [-0.2, 0) is 33.2 Å². The maximum atomic E-state index is 13.5. The summed E-state index contributed by atoms with van der Waals surface area (Å²) in [5.74, 6) is -0.268. The van der Waals surface area contributed by atoms with Gasteiger partial charge in [0.1, 0.15) is 73.2 Å². The second-order valence-electron chi connectivity index (χ2n) is 29.6. The van der Waals surface area contributed by atoms with Crippen molar-refractivity contribution in [2.24, 2.45) is 0 Å². The standard InChI is InChI=1S/C80H151NO18/c1-3-5-7-9-11-13-15-17-19-21-23-25-26-27-28-29-30-31-32-33-34-35-36-38-40-42-44-46-48-50-52-54-56-58-68(86)81-63(64(85)57-55-53-51-49-47-45-43-41-39-37-24-22-20-18-16-14-12-10-8-6-4-2)62-94-78-74(92)71(89)76(66(60-83)96-78)99-80-75(93)72(90)77(67(61-84)97-80)98-79-73(91)70(88)69(87)65(59-82)95-79/h21,23,55,57,63-67,69-80,82-85,87-93H,3-20,22,24-54,56,58-62H2,1-2H3,(H,81,86)/b23-21-,57-55+. The predicted molar refractivity (Wildman–Crippen MR) is 393 cm³/mol. The summed E-state index contributed by atoms with van der Waals surface area (Å²) in [6.07, 6.45) is 47.4. The molecule has 3 heterocycles. The molecule has 0 aromatic carbocycles. The zero-order valence-electron chi connectivity index (χ0n) is 62.5. The second-order valence-corrected chi connectivity index (χ2v) is 29.6. The van der Waals surface area contributed by atoms with Gasteiger partial charge in [0, 0.05) is 6.42 Å². The number of unbranched alkanes of at least 4 members (excludes halogenated alkanes) is 48. The lowest BCUT2D eigenvalue weighted by Gasteiger charge is -2.48. The van der Waals surface area contributed by atoms with Gasteiger partial charge in [-0.15, -0.1) is 0 Å². The van der Waals surface area contributed by atoms with Crippen molar-refractivity contribution >= 4 is 5.91 Å². The van der Waals surface area contributed by atoms with E-state index in [0.29, 0.717) is 6.42 Å². The summed E-state index contributed by atoms with van der Waals surface area (Å²) in [5, 5.41) is 121. The Morgan fingerprint density at radius 1 is 0.354 bits per heavy atom. The topological polar surface area (TPSA) is 307 Å². The second kappa shape index (κ2) is 61.4. The zero-order valence-corrected chi connectivity index (χ0v) is 62.5. The van der Waals surface area contributed by atoms with E-state index in [-0.39, 0.29) is 18.9 Å². The molecule has 584 valence electrons. The third-order valence-corrected chi connectivity index (χ3v) is 20.7. The Bertz CT molecular complexity index is 1880. The van der Waals surface area contributed by atoms with Crippen molar-refractivity contribution in [3.8, 4) is 0 Å². The normalized spacial score (nSPS) is 26.7. The average molecular weight is 1420 g/mol. The van der Waals surface area contributed by atoms with E-state index in [1.54, 1.807) is 6.08 Å². The first-order chi connectivity index (χ1) is 48.3. The number of aliphatic hydroxyl groups excluding tert-OH is 11. The van der Waals surface area contributed by atoms with Gasteiger partial charge in [0.2, 0.25) is 5.91 Å². The highest BCUT2D eigenvalue weighted by molar-refractivity contribution is 5.76. The van der Waals surface area contributed by atoms with Crippen LogP contribution >= 0.6 is 0 Å². The van der Waals surface area contributed by atoms with Gasteiger partial charge in [-0.2, -0.15) is 0 Å². The minimum Gasteiger partial charge on any atom is -0.394 e. The summed E-state index contributed by atoms with van der Waals surface area (Å²) in [4.78, 5) is 13.5. The van der Waals surface area contributed by atoms with E-state index < -0.39 is 124 Å². The molecule has 3 saturated heterocycles. The molecule has 17 unspecified atom stereocenters. The monoisotopic (exact) mass is 1410 g/mol. The zero-order chi connectivity index (χ0) is 71.8. The van der Waals surface area contributed by atoms with Crippen LogP contribution in [0.4, 0.5) is 0 Å². The van der Waals surface area contributed by atoms with E-state index in [9.17, 15) is 61.0 Å². The molecule has 3 aliphatic rings. The van der Waals surface area contributed by atoms with E-state index in [2.05, 4.69) is 31.3 Å². The molecule has 0 aromatic heterocycles. The smallest absolute Gasteiger partial charge is 0.220 e. The van der Waals surface area contributed by atoms with E-state index in [1.165, 1.54) is 276 Å². The van der Waals surface area contributed by atoms with Gasteiger partial charge in [-0.05, 0) is 44.9 Å². The summed E-state index contributed by atoms with van der Waals surface area (Å²) in [5.41, 5.74) is 0. The lowest BCUT2D eigenvalue weighted by Crippen LogP contribution is -2.66. The summed E-state index contributed by atoms with van der Waals surface area (Å²) in [6, 6.07) is -0.971. The van der Waals surface area contributed by atoms with Crippen molar-refractivity contribution < 1.29 is 89.4 Å². The third-order valence-electron chi connectivity index (χ3n) is 20.7. The van der Waals surface area contributed by atoms with E-state index in [1.807, 2.05) is 6.08 Å². The molecular weight excluding hydrogens is 1260 g/mol. The van der Waals surface area contributed by atoms with E-state index >= 15 is 0 Å². The number of hydrogen-bond donors (Lipinski definition) is 12. The number of allylic oxidation sites excluding steroid dienone is 3. The van der Waals surface area contributed by atoms with Gasteiger partial charge in [0.15, 0.2) is 18.9 Å². The number of carbonyl (C=O) groups excluding carboxylic acids is 1. The maximum Gasteiger partial charge on any atom is 0.220 e. The van der Waals surface area contributed by atoms with Crippen molar-refractivity contribution in [2.45, 2.75) is 452 Å². The van der Waals surface area contributed by atoms with E-state index in [4.69, 9.17) is 28.4 Å². The van der Waals surface area contributed by atoms with Crippen molar-refractivity contribution in [1.82, 2.24) is 5.32 Å². The van der Waals surface area contributed by atoms with Gasteiger partial charge >= 0.3 is 0 Å². The Balaban J connectivity index is 1.35. The molecule has 0 radical (unpaired) electrons. The highest BCUT2D eigenvalue weighted by Gasteiger charge is 2.54. The Morgan fingerprint density at radius 2 is 0.636 bits per heavy atom. The highest BCUT2D eigenvalue weighted by atomic mass is 16.8. The summed E-state index contributed by atoms with van der Waals surface area (Å²) >= 11 is 0. The first-order valence-electron chi connectivity index (χ1n) is 41.1. The van der Waals surface area contributed by atoms with Crippen LogP contribution in [0.15, 0.2) is 24.3 Å². The van der Waals surface area contributed by atoms with Crippen molar-refractivity contribution in [2.75, 3.05) is 26.4 Å². The summed E-state index contributed by atoms with van der Waals surface area (Å²) in [6.45, 7) is 1.79. The molecule has 0 bridgehead atoms. The number of ether oxygens (including phenoxy) is 6. The molecule has 19 nitrogen and oxygen atoms in total. The lowest BCUT2D eigenvalue weighted by molar-refractivity contribution is -0.379. The molecule has 0 spiro atoms. The number of aliphatic hydroxyl groups is 11. The number of carbonyl (C=O) groups is 1. The van der Waals surface area contributed by atoms with Crippen molar-refractivity contribution in [3.63, 3.8) is 0 Å². The summed E-state index contributed by atoms with van der Waals surface area (Å²) in [7, 11) is 0. The quantitative estimate of drug-likeness (QED) is 0.0199. The molecule has 12 N–H and O–H groups in total. The number of amides is 1. The molecule has 3 rings (SSSR count). The number of rotatable bonds is 66. The van der Waals surface area contributed by atoms with Gasteiger partial charge in [0.25, 0.3) is 0 Å². The lowest BCUT2D eigenvalue weighted by atomic mass is 9.96. The molecule has 0 aliphatic carbocycles. The van der Waals surface area contributed by atoms with Crippen LogP contribution < -0.4 is 5.32 Å². The molecule has 19 heteroatoms. The highest BCUT2D eigenvalue weighted by Crippen LogP contribution is 2.33. The SMILES string of the molecule is CCCCCCCCCC/C=C\CCCCCCCCCCCCCCCCCCCCCCCC(=O)NC(COC1OC(CO)C(OC2OC(CO)C(OC3OC(CO)C(O)C(O)C3O)C(O)C2O)C(O)C1O)C(O)/C=C/CCCCCCCCCCCCCCCCCCCCC. The van der Waals surface area contributed by atoms with Gasteiger partial charge in [-0.3, -0.25) is 4.79 Å². The molecule has 0 aromatic rings. The molecule has 17 atom stereocenters. The Morgan fingerprint density at radius 3 is 0.980 bits per heavy atom. The van der Waals surface area contributed by atoms with Crippen LogP contribution in [-0.4, -0.2) is 193 Å². The minimum absolute atomic E-state index is 0.249. The van der Waals surface area contributed by atoms with Crippen LogP contribution in [0.1, 0.15) is 348 Å². The van der Waals surface area contributed by atoms with Crippen molar-refractivity contribution in [1.29, 1.82) is 0 Å². The predicted octanol–water partition coefficient (Wildman–Crippen LogP) is 13.7. The molecule has 1 amide bonds. The Hall–Kier alpha value is -1.73. The summed E-state index contributed by atoms with van der Waals surface area (Å²) < 4.78 is 34.5. The third kappa shape index (κ3) is 41.7. The van der Waals surface area contributed by atoms with Gasteiger partial charge in [0.05, 0.1) is 38.6 Å². The van der Waals surface area contributed by atoms with Crippen molar-refractivity contribution in [3.05, 3.63) is 24.3 Å². The maximum absolute atomic E-state index is 13.5. The Kier molecular flexibility index (Phi) is 56.8. The average Bonchev–Trinajstić information content (AvgIpc) is 0.761. The van der Waals surface area contributed by atoms with Crippen LogP contribution in [0.25, 0.3) is 0 Å². The number of nitrogens with one attached hydrogen (secondary N) is 1. The first kappa shape index (κ1) is 91.5. The molecule has 99 heavy (non-hydrogen) atoms. The van der Waals surface area contributed by atoms with E-state index in [0.717, 1.165) is 44.9 Å². The molecule has 3 aliphatic heterocycles. The molecule has 3 fully saturated rings. The first-order valence-corrected chi connectivity index (χ1v) is 41.1. The van der Waals surface area contributed by atoms with Gasteiger partial charge in [-0.1, -0.05) is 321 Å². The fourth-order valence-corrected chi connectivity index (χ4v) is 14.1. The molecule has 0 saturated carbocycles. The van der Waals surface area contributed by atoms with Crippen LogP contribution in [0.2, 0.25) is 0 Å². The largest absolute Gasteiger partial charge is 0.394 e. The van der Waals surface area contributed by atoms with Gasteiger partial charge < -0.3 is 89.9 Å². The minimum atomic E-state index is -1.98. The van der Waals surface area contributed by atoms with Crippen LogP contribution in [0.3, 0.4) is 0 Å². The fourth-order valence-electron chi connectivity index (χ4n) is 14.1. The molecular formula is C80H151NO18. The fraction of sp³-hybridized carbons (Fsp3) is 0.938. The van der Waals surface area contributed by atoms with Crippen LogP contribution in [0, 0.1) is 0 Å². The van der Waals surface area contributed by atoms with Gasteiger partial charge in [-0.25, -0.2) is 0 Å². The number of hydrogen-bond acceptors (Lipinski definition) is 18. The van der Waals surface area contributed by atoms with Crippen LogP contribution in [0.5, 0.6) is 0 Å². The Labute approximate surface area is 600 Å².